The minimum absolute atomic E-state index is 0.0116. The SMILES string of the molecule is CC(C)CCC(COC(=O)CCCCCCCCCC(CCCCCCCCCC(=O)OCC(CCC(C)C)C(C)C)OCCN(C)C)C(C)C. The molecule has 0 saturated carbocycles. The molecular formula is C45H89NO5. The van der Waals surface area contributed by atoms with Gasteiger partial charge in [-0.3, -0.25) is 9.59 Å². The number of rotatable bonds is 36. The number of likely N-dealkylation sites (N-methyl/N-ethyl adjacent to an activating group) is 1. The standard InChI is InChI=1S/C45H89NO5/c1-37(2)29-31-41(39(5)6)35-50-44(47)27-23-19-15-11-13-17-21-25-43(49-34-33-46(9)10)26-22-18-14-12-16-20-24-28-45(48)51-36-42(40(7)8)32-30-38(3)4/h37-43H,11-36H2,1-10H3. The molecule has 0 saturated heterocycles. The van der Waals surface area contributed by atoms with E-state index in [-0.39, 0.29) is 11.9 Å². The molecule has 0 aromatic carbocycles. The van der Waals surface area contributed by atoms with Gasteiger partial charge in [-0.2, -0.15) is 0 Å². The van der Waals surface area contributed by atoms with Crippen molar-refractivity contribution in [3.8, 4) is 0 Å². The third-order valence-electron chi connectivity index (χ3n) is 10.7. The van der Waals surface area contributed by atoms with Crippen LogP contribution in [0, 0.1) is 35.5 Å². The van der Waals surface area contributed by atoms with Gasteiger partial charge in [0.1, 0.15) is 0 Å². The molecule has 6 heteroatoms. The van der Waals surface area contributed by atoms with Crippen molar-refractivity contribution in [2.45, 2.75) is 203 Å². The predicted molar refractivity (Wildman–Crippen MR) is 218 cm³/mol. The fourth-order valence-electron chi connectivity index (χ4n) is 6.62. The van der Waals surface area contributed by atoms with Crippen molar-refractivity contribution in [3.63, 3.8) is 0 Å². The first kappa shape index (κ1) is 49.9. The minimum Gasteiger partial charge on any atom is -0.465 e. The van der Waals surface area contributed by atoms with E-state index in [2.05, 4.69) is 74.4 Å². The fraction of sp³-hybridized carbons (Fsp3) is 0.956. The van der Waals surface area contributed by atoms with Crippen LogP contribution < -0.4 is 0 Å². The first-order valence-electron chi connectivity index (χ1n) is 21.9. The van der Waals surface area contributed by atoms with E-state index in [1.54, 1.807) is 0 Å². The quantitative estimate of drug-likeness (QED) is 0.0474. The lowest BCUT2D eigenvalue weighted by Crippen LogP contribution is -2.22. The van der Waals surface area contributed by atoms with Gasteiger partial charge in [0.25, 0.3) is 0 Å². The van der Waals surface area contributed by atoms with Crippen LogP contribution in [-0.4, -0.2) is 63.4 Å². The topological polar surface area (TPSA) is 65.1 Å². The maximum absolute atomic E-state index is 12.3. The Morgan fingerprint density at radius 2 is 0.824 bits per heavy atom. The third-order valence-corrected chi connectivity index (χ3v) is 10.7. The molecule has 0 aromatic heterocycles. The molecule has 0 aliphatic heterocycles. The van der Waals surface area contributed by atoms with E-state index in [1.165, 1.54) is 89.9 Å². The number of ether oxygens (including phenoxy) is 3. The minimum atomic E-state index is -0.0116. The van der Waals surface area contributed by atoms with Gasteiger partial charge in [0.05, 0.1) is 25.9 Å². The summed E-state index contributed by atoms with van der Waals surface area (Å²) < 4.78 is 17.6. The van der Waals surface area contributed by atoms with E-state index in [0.29, 0.717) is 67.7 Å². The molecule has 0 amide bonds. The molecule has 0 aromatic rings. The van der Waals surface area contributed by atoms with Crippen LogP contribution in [0.4, 0.5) is 0 Å². The van der Waals surface area contributed by atoms with Gasteiger partial charge in [-0.15, -0.1) is 0 Å². The van der Waals surface area contributed by atoms with Crippen LogP contribution in [0.3, 0.4) is 0 Å². The number of hydrogen-bond acceptors (Lipinski definition) is 6. The van der Waals surface area contributed by atoms with E-state index in [0.717, 1.165) is 51.7 Å². The maximum atomic E-state index is 12.3. The number of esters is 2. The molecular weight excluding hydrogens is 634 g/mol. The van der Waals surface area contributed by atoms with Crippen LogP contribution in [0.1, 0.15) is 197 Å². The molecule has 0 heterocycles. The second-order valence-corrected chi connectivity index (χ2v) is 17.6. The lowest BCUT2D eigenvalue weighted by molar-refractivity contribution is -0.146. The van der Waals surface area contributed by atoms with Crippen molar-refractivity contribution in [2.75, 3.05) is 40.5 Å². The Morgan fingerprint density at radius 1 is 0.471 bits per heavy atom. The molecule has 51 heavy (non-hydrogen) atoms. The molecule has 304 valence electrons. The van der Waals surface area contributed by atoms with E-state index in [1.807, 2.05) is 0 Å². The zero-order chi connectivity index (χ0) is 38.3. The smallest absolute Gasteiger partial charge is 0.305 e. The summed E-state index contributed by atoms with van der Waals surface area (Å²) in [7, 11) is 4.22. The Kier molecular flexibility index (Phi) is 32.7. The highest BCUT2D eigenvalue weighted by Crippen LogP contribution is 2.23. The van der Waals surface area contributed by atoms with Crippen molar-refractivity contribution < 1.29 is 23.8 Å². The highest BCUT2D eigenvalue weighted by molar-refractivity contribution is 5.69. The monoisotopic (exact) mass is 724 g/mol. The molecule has 2 unspecified atom stereocenters. The van der Waals surface area contributed by atoms with Crippen molar-refractivity contribution in [1.82, 2.24) is 4.90 Å². The van der Waals surface area contributed by atoms with E-state index < -0.39 is 0 Å². The average molecular weight is 724 g/mol. The highest BCUT2D eigenvalue weighted by atomic mass is 16.5. The largest absolute Gasteiger partial charge is 0.465 e. The van der Waals surface area contributed by atoms with Gasteiger partial charge < -0.3 is 19.1 Å². The van der Waals surface area contributed by atoms with Crippen molar-refractivity contribution in [3.05, 3.63) is 0 Å². The van der Waals surface area contributed by atoms with Gasteiger partial charge in [-0.05, 0) is 88.1 Å². The van der Waals surface area contributed by atoms with Crippen molar-refractivity contribution in [2.24, 2.45) is 35.5 Å². The molecule has 0 aliphatic rings. The summed E-state index contributed by atoms with van der Waals surface area (Å²) in [5.41, 5.74) is 0. The Labute approximate surface area is 318 Å². The van der Waals surface area contributed by atoms with Crippen LogP contribution in [0.15, 0.2) is 0 Å². The van der Waals surface area contributed by atoms with Gasteiger partial charge in [0.2, 0.25) is 0 Å². The Hall–Kier alpha value is -1.14. The van der Waals surface area contributed by atoms with Gasteiger partial charge >= 0.3 is 11.9 Å². The molecule has 2 atom stereocenters. The van der Waals surface area contributed by atoms with Crippen LogP contribution in [0.5, 0.6) is 0 Å². The van der Waals surface area contributed by atoms with Crippen LogP contribution in [0.2, 0.25) is 0 Å². The molecule has 0 aliphatic carbocycles. The maximum Gasteiger partial charge on any atom is 0.305 e. The molecule has 0 rings (SSSR count). The molecule has 0 fully saturated rings. The second kappa shape index (κ2) is 33.4. The fourth-order valence-corrected chi connectivity index (χ4v) is 6.62. The van der Waals surface area contributed by atoms with Crippen LogP contribution in [-0.2, 0) is 23.8 Å². The summed E-state index contributed by atoms with van der Waals surface area (Å²) in [6.07, 6.45) is 25.2. The zero-order valence-corrected chi connectivity index (χ0v) is 35.9. The summed E-state index contributed by atoms with van der Waals surface area (Å²) in [5.74, 6) is 3.45. The number of nitrogens with zero attached hydrogens (tertiary/aromatic N) is 1. The lowest BCUT2D eigenvalue weighted by atomic mass is 9.89. The highest BCUT2D eigenvalue weighted by Gasteiger charge is 2.18. The summed E-state index contributed by atoms with van der Waals surface area (Å²) in [4.78, 5) is 26.7. The Bertz CT molecular complexity index is 737. The number of unbranched alkanes of at least 4 members (excludes halogenated alkanes) is 12. The Morgan fingerprint density at radius 3 is 1.16 bits per heavy atom. The van der Waals surface area contributed by atoms with E-state index >= 15 is 0 Å². The first-order valence-corrected chi connectivity index (χ1v) is 21.9. The summed E-state index contributed by atoms with van der Waals surface area (Å²) in [5, 5.41) is 0. The lowest BCUT2D eigenvalue weighted by Gasteiger charge is -2.21. The van der Waals surface area contributed by atoms with E-state index in [4.69, 9.17) is 14.2 Å². The number of hydrogen-bond donors (Lipinski definition) is 0. The average Bonchev–Trinajstić information content (AvgIpc) is 3.05. The second-order valence-electron chi connectivity index (χ2n) is 17.6. The van der Waals surface area contributed by atoms with Gasteiger partial charge in [-0.1, -0.05) is 145 Å². The summed E-state index contributed by atoms with van der Waals surface area (Å²) in [6.45, 7) is 21.0. The zero-order valence-electron chi connectivity index (χ0n) is 35.9. The summed E-state index contributed by atoms with van der Waals surface area (Å²) >= 11 is 0. The van der Waals surface area contributed by atoms with Crippen molar-refractivity contribution >= 4 is 11.9 Å². The predicted octanol–water partition coefficient (Wildman–Crippen LogP) is 12.5. The number of carbonyl (C=O) groups excluding carboxylic acids is 2. The third kappa shape index (κ3) is 33.2. The first-order chi connectivity index (χ1) is 24.3. The van der Waals surface area contributed by atoms with Gasteiger partial charge in [-0.25, -0.2) is 0 Å². The van der Waals surface area contributed by atoms with E-state index in [9.17, 15) is 9.59 Å². The molecule has 6 nitrogen and oxygen atoms in total. The van der Waals surface area contributed by atoms with Crippen LogP contribution >= 0.6 is 0 Å². The number of carbonyl (C=O) groups is 2. The van der Waals surface area contributed by atoms with Crippen molar-refractivity contribution in [1.29, 1.82) is 0 Å². The molecule has 0 N–H and O–H groups in total. The normalized spacial score (nSPS) is 13.9. The molecule has 0 radical (unpaired) electrons. The Balaban J connectivity index is 4.01. The summed E-state index contributed by atoms with van der Waals surface area (Å²) in [6, 6.07) is 0. The van der Waals surface area contributed by atoms with Crippen LogP contribution in [0.25, 0.3) is 0 Å². The molecule has 0 bridgehead atoms. The van der Waals surface area contributed by atoms with Gasteiger partial charge in [0.15, 0.2) is 0 Å². The molecule has 0 spiro atoms. The van der Waals surface area contributed by atoms with Gasteiger partial charge in [0, 0.05) is 19.4 Å².